The number of likely N-dealkylation sites (N-methyl/N-ethyl adjacent to an activating group) is 1. The topological polar surface area (TPSA) is 49.2 Å². The highest BCUT2D eigenvalue weighted by Gasteiger charge is 2.17. The van der Waals surface area contributed by atoms with E-state index in [1.165, 1.54) is 16.8 Å². The van der Waals surface area contributed by atoms with Crippen LogP contribution in [0.25, 0.3) is 11.0 Å². The molecule has 1 saturated heterocycles. The Bertz CT molecular complexity index is 1180. The Morgan fingerprint density at radius 3 is 2.56 bits per heavy atom. The molecular weight excluding hydrogens is 420 g/mol. The molecule has 0 amide bonds. The summed E-state index contributed by atoms with van der Waals surface area (Å²) in [6, 6.07) is 11.0. The van der Waals surface area contributed by atoms with Gasteiger partial charge in [0.05, 0.1) is 5.52 Å². The van der Waals surface area contributed by atoms with E-state index < -0.39 is 0 Å². The fourth-order valence-electron chi connectivity index (χ4n) is 5.06. The van der Waals surface area contributed by atoms with Crippen molar-refractivity contribution in [3.05, 3.63) is 71.7 Å². The first kappa shape index (κ1) is 22.7. The maximum Gasteiger partial charge on any atom is 0.154 e. The van der Waals surface area contributed by atoms with Crippen molar-refractivity contribution < 1.29 is 0 Å². The Morgan fingerprint density at radius 2 is 1.79 bits per heavy atom. The van der Waals surface area contributed by atoms with Gasteiger partial charge in [0.2, 0.25) is 0 Å². The predicted molar refractivity (Wildman–Crippen MR) is 142 cm³/mol. The maximum atomic E-state index is 4.98. The van der Waals surface area contributed by atoms with Crippen molar-refractivity contribution in [2.24, 2.45) is 13.0 Å². The molecular formula is C28H36N6. The second-order valence-electron chi connectivity index (χ2n) is 9.65. The molecule has 1 fully saturated rings. The lowest BCUT2D eigenvalue weighted by molar-refractivity contribution is 0.313. The zero-order valence-corrected chi connectivity index (χ0v) is 20.7. The average molecular weight is 457 g/mol. The van der Waals surface area contributed by atoms with E-state index >= 15 is 0 Å². The second kappa shape index (κ2) is 10.0. The number of hydrogen-bond donors (Lipinski definition) is 1. The molecule has 1 aromatic carbocycles. The van der Waals surface area contributed by atoms with Crippen molar-refractivity contribution in [3.8, 4) is 0 Å². The Balaban J connectivity index is 1.34. The molecule has 2 aromatic heterocycles. The minimum absolute atomic E-state index is 0.613. The Kier molecular flexibility index (Phi) is 6.68. The van der Waals surface area contributed by atoms with Gasteiger partial charge in [-0.15, -0.1) is 0 Å². The van der Waals surface area contributed by atoms with Gasteiger partial charge in [0, 0.05) is 58.1 Å². The highest BCUT2D eigenvalue weighted by molar-refractivity contribution is 5.86. The number of aryl methyl sites for hydroxylation is 1. The number of fused-ring (bicyclic) bond motifs is 1. The lowest BCUT2D eigenvalue weighted by Crippen LogP contribution is -2.44. The van der Waals surface area contributed by atoms with E-state index in [9.17, 15) is 0 Å². The average Bonchev–Trinajstić information content (AvgIpc) is 3.24. The van der Waals surface area contributed by atoms with Crippen LogP contribution in [0.4, 0.5) is 11.5 Å². The summed E-state index contributed by atoms with van der Waals surface area (Å²) in [5.74, 6) is 2.39. The number of rotatable bonds is 7. The lowest BCUT2D eigenvalue weighted by atomic mass is 9.89. The van der Waals surface area contributed by atoms with Gasteiger partial charge in [-0.3, -0.25) is 0 Å². The van der Waals surface area contributed by atoms with Crippen LogP contribution in [0.2, 0.25) is 0 Å². The molecule has 3 aromatic rings. The Labute approximate surface area is 203 Å². The normalized spacial score (nSPS) is 19.0. The second-order valence-corrected chi connectivity index (χ2v) is 9.65. The monoisotopic (exact) mass is 456 g/mol. The smallest absolute Gasteiger partial charge is 0.154 e. The van der Waals surface area contributed by atoms with Crippen molar-refractivity contribution in [1.29, 1.82) is 0 Å². The van der Waals surface area contributed by atoms with Crippen molar-refractivity contribution in [1.82, 2.24) is 19.4 Å². The molecule has 0 saturated carbocycles. The van der Waals surface area contributed by atoms with E-state index in [1.54, 1.807) is 0 Å². The van der Waals surface area contributed by atoms with Crippen LogP contribution < -0.4 is 10.2 Å². The molecule has 1 atom stereocenters. The molecule has 0 radical (unpaired) electrons. The predicted octanol–water partition coefficient (Wildman–Crippen LogP) is 4.64. The van der Waals surface area contributed by atoms with E-state index in [0.717, 1.165) is 74.7 Å². The van der Waals surface area contributed by atoms with E-state index in [0.29, 0.717) is 5.92 Å². The molecule has 1 unspecified atom stereocenters. The SMILES string of the molecule is CCC1CC=CC=C1CNc1nc(Cc2ccc(N3CCN(C)CC3)cc2)nc2ccn(C)c12. The van der Waals surface area contributed by atoms with Gasteiger partial charge < -0.3 is 19.7 Å². The molecule has 0 spiro atoms. The number of nitrogens with zero attached hydrogens (tertiary/aromatic N) is 5. The third kappa shape index (κ3) is 4.87. The van der Waals surface area contributed by atoms with Crippen LogP contribution >= 0.6 is 0 Å². The minimum Gasteiger partial charge on any atom is -0.369 e. The number of allylic oxidation sites excluding steroid dienone is 3. The van der Waals surface area contributed by atoms with E-state index in [-0.39, 0.29) is 0 Å². The van der Waals surface area contributed by atoms with Crippen molar-refractivity contribution in [2.75, 3.05) is 50.0 Å². The first-order valence-corrected chi connectivity index (χ1v) is 12.5. The van der Waals surface area contributed by atoms with Gasteiger partial charge in [-0.05, 0) is 55.1 Å². The van der Waals surface area contributed by atoms with Crippen LogP contribution in [0.1, 0.15) is 31.2 Å². The van der Waals surface area contributed by atoms with Crippen molar-refractivity contribution >= 4 is 22.5 Å². The minimum atomic E-state index is 0.613. The summed E-state index contributed by atoms with van der Waals surface area (Å²) in [6.45, 7) is 7.50. The largest absolute Gasteiger partial charge is 0.369 e. The third-order valence-corrected chi connectivity index (χ3v) is 7.28. The zero-order valence-electron chi connectivity index (χ0n) is 20.7. The Hall–Kier alpha value is -3.12. The van der Waals surface area contributed by atoms with Gasteiger partial charge in [-0.1, -0.05) is 37.3 Å². The quantitative estimate of drug-likeness (QED) is 0.562. The van der Waals surface area contributed by atoms with Crippen LogP contribution in [0.5, 0.6) is 0 Å². The highest BCUT2D eigenvalue weighted by Crippen LogP contribution is 2.27. The zero-order chi connectivity index (χ0) is 23.5. The molecule has 5 rings (SSSR count). The van der Waals surface area contributed by atoms with Gasteiger partial charge in [0.15, 0.2) is 5.82 Å². The van der Waals surface area contributed by atoms with Crippen LogP contribution in [0.15, 0.2) is 60.3 Å². The fourth-order valence-corrected chi connectivity index (χ4v) is 5.06. The number of hydrogen-bond acceptors (Lipinski definition) is 5. The maximum absolute atomic E-state index is 4.98. The molecule has 34 heavy (non-hydrogen) atoms. The number of anilines is 2. The van der Waals surface area contributed by atoms with E-state index in [4.69, 9.17) is 9.97 Å². The fraction of sp³-hybridized carbons (Fsp3) is 0.429. The summed E-state index contributed by atoms with van der Waals surface area (Å²) in [6.07, 6.45) is 11.8. The van der Waals surface area contributed by atoms with Gasteiger partial charge >= 0.3 is 0 Å². The number of aromatic nitrogens is 3. The summed E-state index contributed by atoms with van der Waals surface area (Å²) < 4.78 is 2.11. The summed E-state index contributed by atoms with van der Waals surface area (Å²) >= 11 is 0. The molecule has 178 valence electrons. The molecule has 0 bridgehead atoms. The first-order valence-electron chi connectivity index (χ1n) is 12.5. The molecule has 1 N–H and O–H groups in total. The molecule has 2 aliphatic rings. The van der Waals surface area contributed by atoms with Crippen LogP contribution in [-0.4, -0.2) is 59.2 Å². The van der Waals surface area contributed by atoms with Crippen LogP contribution in [0.3, 0.4) is 0 Å². The molecule has 1 aliphatic carbocycles. The summed E-state index contributed by atoms with van der Waals surface area (Å²) in [4.78, 5) is 14.7. The summed E-state index contributed by atoms with van der Waals surface area (Å²) in [7, 11) is 4.25. The van der Waals surface area contributed by atoms with Crippen molar-refractivity contribution in [3.63, 3.8) is 0 Å². The van der Waals surface area contributed by atoms with Gasteiger partial charge in [0.1, 0.15) is 11.3 Å². The summed E-state index contributed by atoms with van der Waals surface area (Å²) in [5, 5.41) is 3.65. The molecule has 1 aliphatic heterocycles. The van der Waals surface area contributed by atoms with Gasteiger partial charge in [-0.25, -0.2) is 9.97 Å². The van der Waals surface area contributed by atoms with Crippen LogP contribution in [-0.2, 0) is 13.5 Å². The lowest BCUT2D eigenvalue weighted by Gasteiger charge is -2.34. The summed E-state index contributed by atoms with van der Waals surface area (Å²) in [5.41, 5.74) is 6.05. The molecule has 6 heteroatoms. The first-order chi connectivity index (χ1) is 16.6. The third-order valence-electron chi connectivity index (χ3n) is 7.28. The number of nitrogens with one attached hydrogen (secondary N) is 1. The highest BCUT2D eigenvalue weighted by atomic mass is 15.2. The number of piperazine rings is 1. The van der Waals surface area contributed by atoms with E-state index in [1.807, 2.05) is 0 Å². The standard InChI is InChI=1S/C28H36N6/c1-4-22-7-5-6-8-23(22)20-29-28-27-25(13-14-33(27)3)30-26(31-28)19-21-9-11-24(12-10-21)34-17-15-32(2)16-18-34/h5-6,8-14,22H,4,7,15-20H2,1-3H3,(H,29,30,31). The molecule has 3 heterocycles. The van der Waals surface area contributed by atoms with Gasteiger partial charge in [0.25, 0.3) is 0 Å². The van der Waals surface area contributed by atoms with Crippen molar-refractivity contribution in [2.45, 2.75) is 26.2 Å². The van der Waals surface area contributed by atoms with Gasteiger partial charge in [-0.2, -0.15) is 0 Å². The Morgan fingerprint density at radius 1 is 1.00 bits per heavy atom. The molecule has 6 nitrogen and oxygen atoms in total. The van der Waals surface area contributed by atoms with Crippen LogP contribution in [0, 0.1) is 5.92 Å². The van der Waals surface area contributed by atoms with E-state index in [2.05, 4.69) is 95.5 Å². The number of benzene rings is 1.